The SMILES string of the molecule is CCCCCCC(c1ccccn1)C(C)C. The summed E-state index contributed by atoms with van der Waals surface area (Å²) in [4.78, 5) is 4.50. The summed E-state index contributed by atoms with van der Waals surface area (Å²) >= 11 is 0. The van der Waals surface area contributed by atoms with Crippen LogP contribution < -0.4 is 0 Å². The third-order valence-electron chi connectivity index (χ3n) is 3.24. The Morgan fingerprint density at radius 2 is 1.94 bits per heavy atom. The highest BCUT2D eigenvalue weighted by atomic mass is 14.7. The van der Waals surface area contributed by atoms with E-state index in [0.29, 0.717) is 11.8 Å². The number of rotatable bonds is 7. The van der Waals surface area contributed by atoms with Crippen LogP contribution in [0.5, 0.6) is 0 Å². The monoisotopic (exact) mass is 219 g/mol. The number of aromatic nitrogens is 1. The molecule has 1 heteroatoms. The first-order valence-electron chi connectivity index (χ1n) is 6.66. The molecule has 1 rings (SSSR count). The number of unbranched alkanes of at least 4 members (excludes halogenated alkanes) is 3. The van der Waals surface area contributed by atoms with Gasteiger partial charge >= 0.3 is 0 Å². The lowest BCUT2D eigenvalue weighted by Crippen LogP contribution is -2.08. The molecule has 1 aromatic rings. The Hall–Kier alpha value is -0.850. The van der Waals surface area contributed by atoms with Crippen LogP contribution in [-0.2, 0) is 0 Å². The van der Waals surface area contributed by atoms with E-state index in [1.54, 1.807) is 0 Å². The molecular formula is C15H25N. The molecule has 0 aliphatic rings. The van der Waals surface area contributed by atoms with Crippen LogP contribution in [0.3, 0.4) is 0 Å². The van der Waals surface area contributed by atoms with Crippen molar-refractivity contribution in [3.63, 3.8) is 0 Å². The van der Waals surface area contributed by atoms with Gasteiger partial charge in [0, 0.05) is 17.8 Å². The van der Waals surface area contributed by atoms with Crippen LogP contribution in [-0.4, -0.2) is 4.98 Å². The standard InChI is InChI=1S/C15H25N/c1-4-5-6-7-10-14(13(2)3)15-11-8-9-12-16-15/h8-9,11-14H,4-7,10H2,1-3H3. The highest BCUT2D eigenvalue weighted by molar-refractivity contribution is 5.10. The highest BCUT2D eigenvalue weighted by Crippen LogP contribution is 2.28. The third-order valence-corrected chi connectivity index (χ3v) is 3.24. The normalized spacial score (nSPS) is 13.0. The molecule has 0 amide bonds. The van der Waals surface area contributed by atoms with E-state index in [9.17, 15) is 0 Å². The molecule has 16 heavy (non-hydrogen) atoms. The van der Waals surface area contributed by atoms with Gasteiger partial charge in [-0.3, -0.25) is 4.98 Å². The molecule has 1 heterocycles. The van der Waals surface area contributed by atoms with Crippen molar-refractivity contribution in [2.24, 2.45) is 5.92 Å². The number of nitrogens with zero attached hydrogens (tertiary/aromatic N) is 1. The Bertz CT molecular complexity index is 266. The largest absolute Gasteiger partial charge is 0.261 e. The zero-order valence-electron chi connectivity index (χ0n) is 10.9. The van der Waals surface area contributed by atoms with E-state index in [1.165, 1.54) is 37.8 Å². The van der Waals surface area contributed by atoms with Gasteiger partial charge in [0.15, 0.2) is 0 Å². The lowest BCUT2D eigenvalue weighted by molar-refractivity contribution is 0.436. The van der Waals surface area contributed by atoms with Crippen LogP contribution in [0.2, 0.25) is 0 Å². The van der Waals surface area contributed by atoms with Crippen LogP contribution >= 0.6 is 0 Å². The molecule has 1 aromatic heterocycles. The molecule has 0 fully saturated rings. The van der Waals surface area contributed by atoms with Crippen molar-refractivity contribution >= 4 is 0 Å². The molecule has 0 spiro atoms. The van der Waals surface area contributed by atoms with Crippen molar-refractivity contribution in [3.05, 3.63) is 30.1 Å². The molecule has 90 valence electrons. The summed E-state index contributed by atoms with van der Waals surface area (Å²) in [6, 6.07) is 6.27. The third kappa shape index (κ3) is 4.34. The number of hydrogen-bond donors (Lipinski definition) is 0. The second kappa shape index (κ2) is 7.43. The van der Waals surface area contributed by atoms with E-state index >= 15 is 0 Å². The second-order valence-electron chi connectivity index (χ2n) is 4.95. The maximum atomic E-state index is 4.50. The molecule has 0 saturated carbocycles. The van der Waals surface area contributed by atoms with Gasteiger partial charge in [0.05, 0.1) is 0 Å². The first-order chi connectivity index (χ1) is 7.75. The van der Waals surface area contributed by atoms with Gasteiger partial charge < -0.3 is 0 Å². The molecule has 0 saturated heterocycles. The molecule has 0 aliphatic heterocycles. The van der Waals surface area contributed by atoms with Crippen molar-refractivity contribution in [1.82, 2.24) is 4.98 Å². The molecule has 1 atom stereocenters. The number of hydrogen-bond acceptors (Lipinski definition) is 1. The van der Waals surface area contributed by atoms with Gasteiger partial charge in [0.2, 0.25) is 0 Å². The highest BCUT2D eigenvalue weighted by Gasteiger charge is 2.15. The molecule has 1 nitrogen and oxygen atoms in total. The summed E-state index contributed by atoms with van der Waals surface area (Å²) in [5.74, 6) is 1.33. The van der Waals surface area contributed by atoms with Crippen LogP contribution in [0.4, 0.5) is 0 Å². The van der Waals surface area contributed by atoms with Gasteiger partial charge in [-0.1, -0.05) is 52.5 Å². The van der Waals surface area contributed by atoms with Crippen LogP contribution in [0.25, 0.3) is 0 Å². The molecule has 1 unspecified atom stereocenters. The zero-order chi connectivity index (χ0) is 11.8. The van der Waals surface area contributed by atoms with Gasteiger partial charge in [-0.25, -0.2) is 0 Å². The summed E-state index contributed by atoms with van der Waals surface area (Å²) in [7, 11) is 0. The fraction of sp³-hybridized carbons (Fsp3) is 0.667. The minimum Gasteiger partial charge on any atom is -0.261 e. The smallest absolute Gasteiger partial charge is 0.0437 e. The molecule has 0 N–H and O–H groups in total. The van der Waals surface area contributed by atoms with Gasteiger partial charge in [-0.05, 0) is 24.5 Å². The molecular weight excluding hydrogens is 194 g/mol. The van der Waals surface area contributed by atoms with Crippen molar-refractivity contribution < 1.29 is 0 Å². The molecule has 0 aliphatic carbocycles. The maximum Gasteiger partial charge on any atom is 0.0437 e. The van der Waals surface area contributed by atoms with Crippen LogP contribution in [0.15, 0.2) is 24.4 Å². The van der Waals surface area contributed by atoms with E-state index in [0.717, 1.165) is 0 Å². The quantitative estimate of drug-likeness (QED) is 0.601. The van der Waals surface area contributed by atoms with Crippen LogP contribution in [0.1, 0.15) is 64.5 Å². The summed E-state index contributed by atoms with van der Waals surface area (Å²) in [5, 5.41) is 0. The van der Waals surface area contributed by atoms with E-state index < -0.39 is 0 Å². The van der Waals surface area contributed by atoms with Gasteiger partial charge in [-0.2, -0.15) is 0 Å². The molecule has 0 aromatic carbocycles. The minimum absolute atomic E-state index is 0.637. The molecule has 0 bridgehead atoms. The average molecular weight is 219 g/mol. The predicted octanol–water partition coefficient (Wildman–Crippen LogP) is 4.79. The first kappa shape index (κ1) is 13.2. The number of pyridine rings is 1. The fourth-order valence-electron chi connectivity index (χ4n) is 2.21. The Morgan fingerprint density at radius 1 is 1.12 bits per heavy atom. The van der Waals surface area contributed by atoms with E-state index in [2.05, 4.69) is 37.9 Å². The van der Waals surface area contributed by atoms with Gasteiger partial charge in [0.25, 0.3) is 0 Å². The lowest BCUT2D eigenvalue weighted by atomic mass is 9.87. The van der Waals surface area contributed by atoms with E-state index in [-0.39, 0.29) is 0 Å². The Morgan fingerprint density at radius 3 is 2.50 bits per heavy atom. The van der Waals surface area contributed by atoms with Crippen molar-refractivity contribution in [1.29, 1.82) is 0 Å². The van der Waals surface area contributed by atoms with Crippen LogP contribution in [0, 0.1) is 5.92 Å². The van der Waals surface area contributed by atoms with Crippen molar-refractivity contribution in [3.8, 4) is 0 Å². The molecule has 0 radical (unpaired) electrons. The summed E-state index contributed by atoms with van der Waals surface area (Å²) in [6.45, 7) is 6.87. The first-order valence-corrected chi connectivity index (χ1v) is 6.66. The van der Waals surface area contributed by atoms with Gasteiger partial charge in [-0.15, -0.1) is 0 Å². The zero-order valence-corrected chi connectivity index (χ0v) is 10.9. The lowest BCUT2D eigenvalue weighted by Gasteiger charge is -2.20. The maximum absolute atomic E-state index is 4.50. The minimum atomic E-state index is 0.637. The van der Waals surface area contributed by atoms with E-state index in [4.69, 9.17) is 0 Å². The van der Waals surface area contributed by atoms with Gasteiger partial charge in [0.1, 0.15) is 0 Å². The summed E-state index contributed by atoms with van der Waals surface area (Å²) < 4.78 is 0. The predicted molar refractivity (Wildman–Crippen MR) is 70.6 cm³/mol. The Labute approximate surface area is 100 Å². The average Bonchev–Trinajstić information content (AvgIpc) is 2.30. The topological polar surface area (TPSA) is 12.9 Å². The van der Waals surface area contributed by atoms with Crippen molar-refractivity contribution in [2.75, 3.05) is 0 Å². The van der Waals surface area contributed by atoms with Crippen molar-refractivity contribution in [2.45, 2.75) is 58.8 Å². The Kier molecular flexibility index (Phi) is 6.14. The summed E-state index contributed by atoms with van der Waals surface area (Å²) in [6.07, 6.45) is 8.59. The Balaban J connectivity index is 2.49. The fourth-order valence-corrected chi connectivity index (χ4v) is 2.21. The van der Waals surface area contributed by atoms with E-state index in [1.807, 2.05) is 12.3 Å². The summed E-state index contributed by atoms with van der Waals surface area (Å²) in [5.41, 5.74) is 1.27. The second-order valence-corrected chi connectivity index (χ2v) is 4.95.